The number of aliphatic hydroxyl groups excluding tert-OH is 1. The minimum atomic E-state index is -0.330. The van der Waals surface area contributed by atoms with Crippen LogP contribution in [0.2, 0.25) is 0 Å². The monoisotopic (exact) mass is 144 g/mol. The lowest BCUT2D eigenvalue weighted by Crippen LogP contribution is -2.56. The molecule has 2 unspecified atom stereocenters. The quantitative estimate of drug-likeness (QED) is 0.530. The first-order valence-electron chi connectivity index (χ1n) is 3.87. The van der Waals surface area contributed by atoms with Crippen LogP contribution in [-0.2, 0) is 0 Å². The second-order valence-corrected chi connectivity index (χ2v) is 2.84. The molecule has 0 aromatic rings. The Morgan fingerprint density at radius 2 is 2.50 bits per heavy atom. The van der Waals surface area contributed by atoms with Crippen LogP contribution in [0.4, 0.5) is 0 Å². The van der Waals surface area contributed by atoms with Crippen molar-refractivity contribution in [2.75, 3.05) is 20.1 Å². The van der Waals surface area contributed by atoms with Crippen molar-refractivity contribution in [3.8, 4) is 0 Å². The van der Waals surface area contributed by atoms with Gasteiger partial charge in [0.1, 0.15) is 6.23 Å². The van der Waals surface area contributed by atoms with E-state index in [1.54, 1.807) is 0 Å². The Balaban J connectivity index is 2.20. The third-order valence-corrected chi connectivity index (χ3v) is 2.12. The number of rotatable bonds is 3. The first kappa shape index (κ1) is 7.98. The standard InChI is InChI=1S/C7H16N2O/c1-3-8-7(10)6-4-5-9(6)2/h6-8,10H,3-5H2,1-2H3. The van der Waals surface area contributed by atoms with Crippen LogP contribution in [0.25, 0.3) is 0 Å². The van der Waals surface area contributed by atoms with E-state index in [1.165, 1.54) is 0 Å². The number of likely N-dealkylation sites (tertiary alicyclic amines) is 1. The number of nitrogens with one attached hydrogen (secondary N) is 1. The minimum Gasteiger partial charge on any atom is -0.377 e. The van der Waals surface area contributed by atoms with Crippen LogP contribution in [0, 0.1) is 0 Å². The van der Waals surface area contributed by atoms with Crippen molar-refractivity contribution in [2.45, 2.75) is 25.6 Å². The van der Waals surface area contributed by atoms with E-state index in [0.717, 1.165) is 19.5 Å². The average Bonchev–Trinajstić information content (AvgIpc) is 1.85. The minimum absolute atomic E-state index is 0.330. The Bertz CT molecular complexity index is 108. The zero-order chi connectivity index (χ0) is 7.56. The van der Waals surface area contributed by atoms with Crippen molar-refractivity contribution in [2.24, 2.45) is 0 Å². The average molecular weight is 144 g/mol. The molecule has 60 valence electrons. The highest BCUT2D eigenvalue weighted by Crippen LogP contribution is 2.16. The van der Waals surface area contributed by atoms with Crippen molar-refractivity contribution >= 4 is 0 Å². The van der Waals surface area contributed by atoms with E-state index >= 15 is 0 Å². The summed E-state index contributed by atoms with van der Waals surface area (Å²) in [5.74, 6) is 0. The Morgan fingerprint density at radius 3 is 2.80 bits per heavy atom. The molecule has 1 saturated heterocycles. The number of hydrogen-bond acceptors (Lipinski definition) is 3. The maximum atomic E-state index is 9.39. The molecule has 0 amide bonds. The van der Waals surface area contributed by atoms with Gasteiger partial charge in [-0.25, -0.2) is 0 Å². The predicted octanol–water partition coefficient (Wildman–Crippen LogP) is -0.382. The summed E-state index contributed by atoms with van der Waals surface area (Å²) in [4.78, 5) is 2.16. The summed E-state index contributed by atoms with van der Waals surface area (Å²) in [6.45, 7) is 3.96. The number of nitrogens with zero attached hydrogens (tertiary/aromatic N) is 1. The summed E-state index contributed by atoms with van der Waals surface area (Å²) in [5, 5.41) is 12.4. The molecule has 0 bridgehead atoms. The van der Waals surface area contributed by atoms with Crippen LogP contribution >= 0.6 is 0 Å². The smallest absolute Gasteiger partial charge is 0.120 e. The van der Waals surface area contributed by atoms with Gasteiger partial charge in [-0.15, -0.1) is 0 Å². The summed E-state index contributed by atoms with van der Waals surface area (Å²) in [7, 11) is 2.04. The molecule has 2 N–H and O–H groups in total. The van der Waals surface area contributed by atoms with Crippen molar-refractivity contribution < 1.29 is 5.11 Å². The molecular weight excluding hydrogens is 128 g/mol. The SMILES string of the molecule is CCNC(O)C1CCN1C. The van der Waals surface area contributed by atoms with Crippen LogP contribution < -0.4 is 5.32 Å². The third kappa shape index (κ3) is 1.48. The van der Waals surface area contributed by atoms with Gasteiger partial charge in [-0.2, -0.15) is 0 Å². The summed E-state index contributed by atoms with van der Waals surface area (Å²) in [5.41, 5.74) is 0. The van der Waals surface area contributed by atoms with Crippen molar-refractivity contribution in [3.05, 3.63) is 0 Å². The lowest BCUT2D eigenvalue weighted by atomic mass is 10.0. The molecule has 3 nitrogen and oxygen atoms in total. The molecule has 0 radical (unpaired) electrons. The van der Waals surface area contributed by atoms with E-state index in [0.29, 0.717) is 6.04 Å². The Labute approximate surface area is 62.0 Å². The first-order chi connectivity index (χ1) is 4.75. The lowest BCUT2D eigenvalue weighted by Gasteiger charge is -2.40. The highest BCUT2D eigenvalue weighted by molar-refractivity contribution is 4.84. The molecule has 10 heavy (non-hydrogen) atoms. The summed E-state index contributed by atoms with van der Waals surface area (Å²) >= 11 is 0. The first-order valence-corrected chi connectivity index (χ1v) is 3.87. The Kier molecular flexibility index (Phi) is 2.65. The van der Waals surface area contributed by atoms with Gasteiger partial charge in [0.15, 0.2) is 0 Å². The van der Waals surface area contributed by atoms with Gasteiger partial charge in [0, 0.05) is 6.04 Å². The van der Waals surface area contributed by atoms with Crippen LogP contribution in [0.5, 0.6) is 0 Å². The second-order valence-electron chi connectivity index (χ2n) is 2.84. The van der Waals surface area contributed by atoms with Gasteiger partial charge in [-0.1, -0.05) is 6.92 Å². The normalized spacial score (nSPS) is 29.7. The molecule has 0 aromatic heterocycles. The van der Waals surface area contributed by atoms with Gasteiger partial charge in [0.05, 0.1) is 0 Å². The highest BCUT2D eigenvalue weighted by Gasteiger charge is 2.29. The fourth-order valence-corrected chi connectivity index (χ4v) is 1.28. The van der Waals surface area contributed by atoms with E-state index in [-0.39, 0.29) is 6.23 Å². The maximum Gasteiger partial charge on any atom is 0.120 e. The Morgan fingerprint density at radius 1 is 1.80 bits per heavy atom. The lowest BCUT2D eigenvalue weighted by molar-refractivity contribution is -0.0143. The maximum absolute atomic E-state index is 9.39. The highest BCUT2D eigenvalue weighted by atomic mass is 16.3. The number of hydrogen-bond donors (Lipinski definition) is 2. The third-order valence-electron chi connectivity index (χ3n) is 2.12. The zero-order valence-electron chi connectivity index (χ0n) is 6.67. The topological polar surface area (TPSA) is 35.5 Å². The fourth-order valence-electron chi connectivity index (χ4n) is 1.28. The number of aliphatic hydroxyl groups is 1. The predicted molar refractivity (Wildman–Crippen MR) is 40.7 cm³/mol. The van der Waals surface area contributed by atoms with Crippen LogP contribution in [-0.4, -0.2) is 42.4 Å². The van der Waals surface area contributed by atoms with Gasteiger partial charge in [-0.3, -0.25) is 10.2 Å². The summed E-state index contributed by atoms with van der Waals surface area (Å²) < 4.78 is 0. The molecule has 0 saturated carbocycles. The fraction of sp³-hybridized carbons (Fsp3) is 1.00. The van der Waals surface area contributed by atoms with E-state index in [1.807, 2.05) is 14.0 Å². The molecule has 3 heteroatoms. The number of likely N-dealkylation sites (N-methyl/N-ethyl adjacent to an activating group) is 2. The van der Waals surface area contributed by atoms with Crippen molar-refractivity contribution in [1.82, 2.24) is 10.2 Å². The van der Waals surface area contributed by atoms with Gasteiger partial charge in [-0.05, 0) is 26.6 Å². The van der Waals surface area contributed by atoms with Gasteiger partial charge in [0.2, 0.25) is 0 Å². The van der Waals surface area contributed by atoms with Gasteiger partial charge in [0.25, 0.3) is 0 Å². The van der Waals surface area contributed by atoms with Gasteiger partial charge >= 0.3 is 0 Å². The molecule has 0 spiro atoms. The molecule has 1 rings (SSSR count). The summed E-state index contributed by atoms with van der Waals surface area (Å²) in [6, 6.07) is 0.347. The zero-order valence-corrected chi connectivity index (χ0v) is 6.67. The molecule has 0 aromatic carbocycles. The van der Waals surface area contributed by atoms with E-state index in [9.17, 15) is 5.11 Å². The molecule has 1 aliphatic heterocycles. The van der Waals surface area contributed by atoms with Gasteiger partial charge < -0.3 is 5.11 Å². The van der Waals surface area contributed by atoms with E-state index < -0.39 is 0 Å². The second kappa shape index (κ2) is 3.32. The van der Waals surface area contributed by atoms with Crippen LogP contribution in [0.1, 0.15) is 13.3 Å². The van der Waals surface area contributed by atoms with E-state index in [2.05, 4.69) is 10.2 Å². The molecule has 1 aliphatic rings. The van der Waals surface area contributed by atoms with E-state index in [4.69, 9.17) is 0 Å². The Hall–Kier alpha value is -0.120. The van der Waals surface area contributed by atoms with Crippen LogP contribution in [0.3, 0.4) is 0 Å². The van der Waals surface area contributed by atoms with Crippen molar-refractivity contribution in [1.29, 1.82) is 0 Å². The molecule has 1 heterocycles. The molecule has 1 fully saturated rings. The molecule has 2 atom stereocenters. The van der Waals surface area contributed by atoms with Crippen LogP contribution in [0.15, 0.2) is 0 Å². The summed E-state index contributed by atoms with van der Waals surface area (Å²) in [6.07, 6.45) is 0.786. The molecular formula is C7H16N2O. The van der Waals surface area contributed by atoms with Crippen molar-refractivity contribution in [3.63, 3.8) is 0 Å². The largest absolute Gasteiger partial charge is 0.377 e. The molecule has 0 aliphatic carbocycles.